The lowest BCUT2D eigenvalue weighted by Gasteiger charge is -2.31. The Labute approximate surface area is 166 Å². The Bertz CT molecular complexity index is 888. The van der Waals surface area contributed by atoms with Crippen molar-refractivity contribution in [2.75, 3.05) is 12.4 Å². The number of hydrogen-bond acceptors (Lipinski definition) is 8. The summed E-state index contributed by atoms with van der Waals surface area (Å²) in [6, 6.07) is 9.66. The van der Waals surface area contributed by atoms with Gasteiger partial charge in [-0.1, -0.05) is 43.2 Å². The van der Waals surface area contributed by atoms with Crippen molar-refractivity contribution in [1.29, 1.82) is 5.26 Å². The lowest BCUT2D eigenvalue weighted by Crippen LogP contribution is -2.49. The zero-order chi connectivity index (χ0) is 19.4. The van der Waals surface area contributed by atoms with Crippen LogP contribution >= 0.6 is 11.8 Å². The lowest BCUT2D eigenvalue weighted by atomic mass is 9.83. The van der Waals surface area contributed by atoms with E-state index in [-0.39, 0.29) is 23.5 Å². The zero-order valence-electron chi connectivity index (χ0n) is 15.2. The fourth-order valence-electron chi connectivity index (χ4n) is 3.40. The quantitative estimate of drug-likeness (QED) is 0.763. The molecule has 146 valence electrons. The number of thioether (sulfide) groups is 1. The number of aromatic nitrogens is 2. The van der Waals surface area contributed by atoms with Crippen LogP contribution in [0.4, 0.5) is 0 Å². The fourth-order valence-corrected chi connectivity index (χ4v) is 3.97. The Kier molecular flexibility index (Phi) is 5.39. The molecule has 2 aliphatic rings. The van der Waals surface area contributed by atoms with Gasteiger partial charge in [-0.25, -0.2) is 0 Å². The highest BCUT2D eigenvalue weighted by Gasteiger charge is 2.33. The van der Waals surface area contributed by atoms with Crippen LogP contribution < -0.4 is 14.8 Å². The smallest absolute Gasteiger partial charge is 0.277 e. The van der Waals surface area contributed by atoms with Crippen LogP contribution in [0.15, 0.2) is 33.9 Å². The van der Waals surface area contributed by atoms with Gasteiger partial charge in [0.05, 0.1) is 11.8 Å². The number of nitrogens with zero attached hydrogens (tertiary/aromatic N) is 3. The molecule has 9 heteroatoms. The standard InChI is InChI=1S/C19H20N4O4S/c20-12-19(8-4-1-5-9-19)21-16(24)11-28-18-23-22-17(27-18)15-10-25-13-6-2-3-7-14(13)26-15/h2-3,6-7,15H,1,4-5,8-11H2,(H,21,24)/t15-/m1/s1. The molecular weight excluding hydrogens is 380 g/mol. The number of amides is 1. The van der Waals surface area contributed by atoms with Crippen molar-refractivity contribution in [3.8, 4) is 17.6 Å². The summed E-state index contributed by atoms with van der Waals surface area (Å²) in [4.78, 5) is 12.3. The van der Waals surface area contributed by atoms with E-state index in [1.165, 1.54) is 0 Å². The normalized spacial score (nSPS) is 20.2. The fraction of sp³-hybridized carbons (Fsp3) is 0.474. The number of nitrogens with one attached hydrogen (secondary N) is 1. The molecule has 2 heterocycles. The lowest BCUT2D eigenvalue weighted by molar-refractivity contribution is -0.120. The van der Waals surface area contributed by atoms with Gasteiger partial charge in [0.15, 0.2) is 11.5 Å². The van der Waals surface area contributed by atoms with Crippen molar-refractivity contribution < 1.29 is 18.7 Å². The molecule has 1 N–H and O–H groups in total. The molecule has 1 amide bonds. The molecule has 4 rings (SSSR count). The predicted octanol–water partition coefficient (Wildman–Crippen LogP) is 3.02. The summed E-state index contributed by atoms with van der Waals surface area (Å²) in [6.45, 7) is 0.272. The highest BCUT2D eigenvalue weighted by molar-refractivity contribution is 7.99. The Hall–Kier alpha value is -2.73. The highest BCUT2D eigenvalue weighted by Crippen LogP contribution is 2.36. The molecule has 2 aromatic rings. The van der Waals surface area contributed by atoms with Gasteiger partial charge < -0.3 is 19.2 Å². The molecule has 1 aliphatic carbocycles. The summed E-state index contributed by atoms with van der Waals surface area (Å²) in [5, 5.41) is 20.6. The summed E-state index contributed by atoms with van der Waals surface area (Å²) in [7, 11) is 0. The van der Waals surface area contributed by atoms with Crippen molar-refractivity contribution >= 4 is 17.7 Å². The van der Waals surface area contributed by atoms with E-state index in [0.29, 0.717) is 30.2 Å². The summed E-state index contributed by atoms with van der Waals surface area (Å²) < 4.78 is 17.1. The summed E-state index contributed by atoms with van der Waals surface area (Å²) >= 11 is 1.14. The van der Waals surface area contributed by atoms with Crippen LogP contribution in [0.5, 0.6) is 11.5 Å². The number of carbonyl (C=O) groups excluding carboxylic acids is 1. The molecule has 0 bridgehead atoms. The van der Waals surface area contributed by atoms with Gasteiger partial charge in [-0.2, -0.15) is 5.26 Å². The van der Waals surface area contributed by atoms with Gasteiger partial charge in [0.25, 0.3) is 11.1 Å². The van der Waals surface area contributed by atoms with Gasteiger partial charge in [-0.15, -0.1) is 10.2 Å². The SMILES string of the molecule is N#CC1(NC(=O)CSc2nnc([C@H]3COc4ccccc4O3)o2)CCCCC1. The van der Waals surface area contributed by atoms with Crippen LogP contribution in [0.3, 0.4) is 0 Å². The van der Waals surface area contributed by atoms with Crippen LogP contribution in [0, 0.1) is 11.3 Å². The van der Waals surface area contributed by atoms with Crippen molar-refractivity contribution in [1.82, 2.24) is 15.5 Å². The first-order valence-corrected chi connectivity index (χ1v) is 10.2. The minimum Gasteiger partial charge on any atom is -0.485 e. The van der Waals surface area contributed by atoms with Crippen molar-refractivity contribution in [2.45, 2.75) is 49.0 Å². The number of hydrogen-bond donors (Lipinski definition) is 1. The van der Waals surface area contributed by atoms with Gasteiger partial charge in [0.1, 0.15) is 12.1 Å². The second kappa shape index (κ2) is 8.10. The van der Waals surface area contributed by atoms with Crippen LogP contribution in [0.2, 0.25) is 0 Å². The summed E-state index contributed by atoms with van der Waals surface area (Å²) in [5.74, 6) is 1.51. The molecule has 0 saturated heterocycles. The number of carbonyl (C=O) groups is 1. The Morgan fingerprint density at radius 3 is 2.82 bits per heavy atom. The molecule has 1 atom stereocenters. The largest absolute Gasteiger partial charge is 0.485 e. The average Bonchev–Trinajstić information content (AvgIpc) is 3.22. The van der Waals surface area contributed by atoms with Crippen molar-refractivity contribution in [2.24, 2.45) is 0 Å². The Morgan fingerprint density at radius 1 is 1.25 bits per heavy atom. The van der Waals surface area contributed by atoms with E-state index in [2.05, 4.69) is 21.6 Å². The topological polar surface area (TPSA) is 110 Å². The minimum atomic E-state index is -0.740. The number of fused-ring (bicyclic) bond motifs is 1. The Balaban J connectivity index is 1.32. The van der Waals surface area contributed by atoms with Crippen molar-refractivity contribution in [3.63, 3.8) is 0 Å². The maximum absolute atomic E-state index is 12.3. The third kappa shape index (κ3) is 4.07. The van der Waals surface area contributed by atoms with Crippen LogP contribution in [0.25, 0.3) is 0 Å². The average molecular weight is 400 g/mol. The third-order valence-corrected chi connectivity index (χ3v) is 5.65. The molecule has 8 nitrogen and oxygen atoms in total. The van der Waals surface area contributed by atoms with E-state index in [9.17, 15) is 10.1 Å². The first-order valence-electron chi connectivity index (χ1n) is 9.24. The third-order valence-electron chi connectivity index (χ3n) is 4.83. The summed E-state index contributed by atoms with van der Waals surface area (Å²) in [5.41, 5.74) is -0.740. The summed E-state index contributed by atoms with van der Waals surface area (Å²) in [6.07, 6.45) is 3.93. The maximum atomic E-state index is 12.3. The highest BCUT2D eigenvalue weighted by atomic mass is 32.2. The zero-order valence-corrected chi connectivity index (χ0v) is 16.0. The van der Waals surface area contributed by atoms with Crippen LogP contribution in [-0.2, 0) is 4.79 Å². The van der Waals surface area contributed by atoms with E-state index in [1.54, 1.807) is 0 Å². The van der Waals surface area contributed by atoms with Crippen LogP contribution in [-0.4, -0.2) is 34.0 Å². The van der Waals surface area contributed by atoms with Gasteiger partial charge in [-0.05, 0) is 25.0 Å². The second-order valence-corrected chi connectivity index (χ2v) is 7.79. The van der Waals surface area contributed by atoms with Crippen LogP contribution in [0.1, 0.15) is 44.1 Å². The number of para-hydroxylation sites is 2. The monoisotopic (exact) mass is 400 g/mol. The molecule has 28 heavy (non-hydrogen) atoms. The minimum absolute atomic E-state index is 0.107. The Morgan fingerprint density at radius 2 is 2.04 bits per heavy atom. The molecule has 1 fully saturated rings. The number of benzene rings is 1. The molecule has 1 aromatic heterocycles. The number of ether oxygens (including phenoxy) is 2. The van der Waals surface area contributed by atoms with Crippen molar-refractivity contribution in [3.05, 3.63) is 30.2 Å². The van der Waals surface area contributed by atoms with E-state index in [0.717, 1.165) is 31.0 Å². The van der Waals surface area contributed by atoms with E-state index in [1.807, 2.05) is 24.3 Å². The molecule has 0 unspecified atom stereocenters. The molecular formula is C19H20N4O4S. The van der Waals surface area contributed by atoms with Gasteiger partial charge >= 0.3 is 0 Å². The number of rotatable bonds is 5. The first-order chi connectivity index (χ1) is 13.7. The van der Waals surface area contributed by atoms with E-state index in [4.69, 9.17) is 13.9 Å². The van der Waals surface area contributed by atoms with Gasteiger partial charge in [0.2, 0.25) is 12.0 Å². The molecule has 0 radical (unpaired) electrons. The van der Waals surface area contributed by atoms with Gasteiger partial charge in [-0.3, -0.25) is 4.79 Å². The molecule has 0 spiro atoms. The maximum Gasteiger partial charge on any atom is 0.277 e. The molecule has 1 aliphatic heterocycles. The second-order valence-electron chi connectivity index (χ2n) is 6.86. The molecule has 1 saturated carbocycles. The van der Waals surface area contributed by atoms with Gasteiger partial charge in [0, 0.05) is 0 Å². The van der Waals surface area contributed by atoms with E-state index >= 15 is 0 Å². The predicted molar refractivity (Wildman–Crippen MR) is 99.9 cm³/mol. The molecule has 1 aromatic carbocycles. The number of nitriles is 1. The first kappa shape index (κ1) is 18.6. The van der Waals surface area contributed by atoms with E-state index < -0.39 is 11.6 Å².